The number of carbonyl (C=O) groups is 1. The fraction of sp³-hybridized carbons (Fsp3) is 0.375. The third kappa shape index (κ3) is 4.25. The third-order valence-electron chi connectivity index (χ3n) is 2.93. The van der Waals surface area contributed by atoms with Gasteiger partial charge in [-0.1, -0.05) is 0 Å². The van der Waals surface area contributed by atoms with Gasteiger partial charge in [-0.05, 0) is 45.0 Å². The summed E-state index contributed by atoms with van der Waals surface area (Å²) in [5.41, 5.74) is 0. The molecule has 0 fully saturated rings. The molecule has 1 heterocycles. The molecule has 118 valence electrons. The van der Waals surface area contributed by atoms with Gasteiger partial charge in [0, 0.05) is 12.1 Å². The van der Waals surface area contributed by atoms with Gasteiger partial charge >= 0.3 is 0 Å². The molecule has 1 aromatic heterocycles. The van der Waals surface area contributed by atoms with Crippen molar-refractivity contribution >= 4 is 11.7 Å². The molecule has 6 nitrogen and oxygen atoms in total. The molecule has 0 saturated heterocycles. The molecule has 0 saturated carbocycles. The molecule has 0 aliphatic heterocycles. The molecule has 1 amide bonds. The van der Waals surface area contributed by atoms with Gasteiger partial charge in [-0.2, -0.15) is 5.10 Å². The topological polar surface area (TPSA) is 65.4 Å². The number of anilines is 1. The number of benzene rings is 1. The van der Waals surface area contributed by atoms with Crippen LogP contribution in [-0.4, -0.2) is 28.9 Å². The lowest BCUT2D eigenvalue weighted by Crippen LogP contribution is -2.22. The average molecular weight is 303 g/mol. The summed E-state index contributed by atoms with van der Waals surface area (Å²) in [6, 6.07) is 9.11. The van der Waals surface area contributed by atoms with Crippen molar-refractivity contribution in [3.05, 3.63) is 36.5 Å². The minimum atomic E-state index is -0.226. The van der Waals surface area contributed by atoms with E-state index in [2.05, 4.69) is 10.4 Å². The maximum Gasteiger partial charge on any atom is 0.263 e. The SMILES string of the molecule is CCOc1ccc(OCC(=O)Nc2ccnn2C(C)C)cc1. The van der Waals surface area contributed by atoms with Crippen LogP contribution < -0.4 is 14.8 Å². The van der Waals surface area contributed by atoms with Crippen molar-refractivity contribution in [3.8, 4) is 11.5 Å². The van der Waals surface area contributed by atoms with Crippen LogP contribution in [0.2, 0.25) is 0 Å². The molecule has 2 rings (SSSR count). The van der Waals surface area contributed by atoms with Gasteiger partial charge in [0.2, 0.25) is 0 Å². The van der Waals surface area contributed by atoms with E-state index in [0.29, 0.717) is 18.2 Å². The van der Waals surface area contributed by atoms with Crippen LogP contribution >= 0.6 is 0 Å². The highest BCUT2D eigenvalue weighted by Crippen LogP contribution is 2.18. The Bertz CT molecular complexity index is 605. The Balaban J connectivity index is 1.86. The number of amides is 1. The quantitative estimate of drug-likeness (QED) is 0.854. The number of ether oxygens (including phenoxy) is 2. The van der Waals surface area contributed by atoms with Crippen molar-refractivity contribution in [2.45, 2.75) is 26.8 Å². The van der Waals surface area contributed by atoms with Crippen molar-refractivity contribution in [2.75, 3.05) is 18.5 Å². The van der Waals surface area contributed by atoms with Crippen LogP contribution in [0.25, 0.3) is 0 Å². The lowest BCUT2D eigenvalue weighted by atomic mass is 10.3. The molecular formula is C16H21N3O3. The van der Waals surface area contributed by atoms with Crippen LogP contribution in [0, 0.1) is 0 Å². The van der Waals surface area contributed by atoms with Crippen LogP contribution in [0.1, 0.15) is 26.8 Å². The number of hydrogen-bond donors (Lipinski definition) is 1. The van der Waals surface area contributed by atoms with E-state index >= 15 is 0 Å². The highest BCUT2D eigenvalue weighted by atomic mass is 16.5. The predicted molar refractivity (Wildman–Crippen MR) is 84.3 cm³/mol. The number of hydrogen-bond acceptors (Lipinski definition) is 4. The van der Waals surface area contributed by atoms with E-state index in [9.17, 15) is 4.79 Å². The Morgan fingerprint density at radius 1 is 1.18 bits per heavy atom. The number of rotatable bonds is 7. The Hall–Kier alpha value is -2.50. The maximum atomic E-state index is 11.9. The second-order valence-electron chi connectivity index (χ2n) is 5.00. The number of nitrogens with zero attached hydrogens (tertiary/aromatic N) is 2. The number of aromatic nitrogens is 2. The highest BCUT2D eigenvalue weighted by Gasteiger charge is 2.10. The molecule has 2 aromatic rings. The van der Waals surface area contributed by atoms with E-state index in [1.807, 2.05) is 32.9 Å². The first-order valence-electron chi connectivity index (χ1n) is 7.29. The molecule has 1 N–H and O–H groups in total. The van der Waals surface area contributed by atoms with E-state index in [-0.39, 0.29) is 18.6 Å². The fourth-order valence-corrected chi connectivity index (χ4v) is 1.95. The Labute approximate surface area is 130 Å². The smallest absolute Gasteiger partial charge is 0.263 e. The van der Waals surface area contributed by atoms with Gasteiger partial charge < -0.3 is 14.8 Å². The van der Waals surface area contributed by atoms with Crippen molar-refractivity contribution in [1.29, 1.82) is 0 Å². The largest absolute Gasteiger partial charge is 0.494 e. The van der Waals surface area contributed by atoms with Crippen LogP contribution in [0.3, 0.4) is 0 Å². The second-order valence-corrected chi connectivity index (χ2v) is 5.00. The molecule has 0 aliphatic rings. The van der Waals surface area contributed by atoms with Crippen molar-refractivity contribution < 1.29 is 14.3 Å². The second kappa shape index (κ2) is 7.49. The zero-order valence-corrected chi connectivity index (χ0v) is 13.1. The van der Waals surface area contributed by atoms with Gasteiger partial charge in [0.1, 0.15) is 17.3 Å². The van der Waals surface area contributed by atoms with Gasteiger partial charge in [-0.3, -0.25) is 4.79 Å². The molecule has 6 heteroatoms. The lowest BCUT2D eigenvalue weighted by Gasteiger charge is -2.12. The minimum Gasteiger partial charge on any atom is -0.494 e. The lowest BCUT2D eigenvalue weighted by molar-refractivity contribution is -0.118. The normalized spacial score (nSPS) is 10.5. The summed E-state index contributed by atoms with van der Waals surface area (Å²) in [4.78, 5) is 11.9. The molecule has 0 aliphatic carbocycles. The molecule has 0 radical (unpaired) electrons. The van der Waals surface area contributed by atoms with Gasteiger partial charge in [-0.15, -0.1) is 0 Å². The van der Waals surface area contributed by atoms with Gasteiger partial charge in [0.05, 0.1) is 12.8 Å². The van der Waals surface area contributed by atoms with Crippen molar-refractivity contribution in [2.24, 2.45) is 0 Å². The average Bonchev–Trinajstić information content (AvgIpc) is 2.95. The molecule has 0 unspecified atom stereocenters. The standard InChI is InChI=1S/C16H21N3O3/c1-4-21-13-5-7-14(8-6-13)22-11-16(20)18-15-9-10-17-19(15)12(2)3/h5-10,12H,4,11H2,1-3H3,(H,18,20). The van der Waals surface area contributed by atoms with Gasteiger partial charge in [-0.25, -0.2) is 4.68 Å². The summed E-state index contributed by atoms with van der Waals surface area (Å²) in [6.07, 6.45) is 1.66. The molecular weight excluding hydrogens is 282 g/mol. The van der Waals surface area contributed by atoms with Crippen LogP contribution in [0.4, 0.5) is 5.82 Å². The van der Waals surface area contributed by atoms with Gasteiger partial charge in [0.15, 0.2) is 6.61 Å². The summed E-state index contributed by atoms with van der Waals surface area (Å²) < 4.78 is 12.5. The first kappa shape index (κ1) is 15.9. The fourth-order valence-electron chi connectivity index (χ4n) is 1.95. The van der Waals surface area contributed by atoms with Crippen molar-refractivity contribution in [3.63, 3.8) is 0 Å². The minimum absolute atomic E-state index is 0.0583. The summed E-state index contributed by atoms with van der Waals surface area (Å²) in [6.45, 7) is 6.48. The van der Waals surface area contributed by atoms with Crippen LogP contribution in [0.15, 0.2) is 36.5 Å². The summed E-state index contributed by atoms with van der Waals surface area (Å²) >= 11 is 0. The van der Waals surface area contributed by atoms with Gasteiger partial charge in [0.25, 0.3) is 5.91 Å². The summed E-state index contributed by atoms with van der Waals surface area (Å²) in [7, 11) is 0. The number of carbonyl (C=O) groups excluding carboxylic acids is 1. The Morgan fingerprint density at radius 2 is 1.82 bits per heavy atom. The highest BCUT2D eigenvalue weighted by molar-refractivity contribution is 5.91. The van der Waals surface area contributed by atoms with E-state index in [1.54, 1.807) is 29.1 Å². The Morgan fingerprint density at radius 3 is 2.41 bits per heavy atom. The molecule has 0 atom stereocenters. The van der Waals surface area contributed by atoms with E-state index in [4.69, 9.17) is 9.47 Å². The summed E-state index contributed by atoms with van der Waals surface area (Å²) in [5.74, 6) is 1.84. The first-order valence-corrected chi connectivity index (χ1v) is 7.29. The monoisotopic (exact) mass is 303 g/mol. The third-order valence-corrected chi connectivity index (χ3v) is 2.93. The van der Waals surface area contributed by atoms with E-state index < -0.39 is 0 Å². The number of nitrogens with one attached hydrogen (secondary N) is 1. The first-order chi connectivity index (χ1) is 10.6. The van der Waals surface area contributed by atoms with E-state index in [1.165, 1.54) is 0 Å². The Kier molecular flexibility index (Phi) is 5.41. The molecule has 0 bridgehead atoms. The zero-order valence-electron chi connectivity index (χ0n) is 13.1. The van der Waals surface area contributed by atoms with Crippen LogP contribution in [0.5, 0.6) is 11.5 Å². The van der Waals surface area contributed by atoms with E-state index in [0.717, 1.165) is 5.75 Å². The van der Waals surface area contributed by atoms with Crippen LogP contribution in [-0.2, 0) is 4.79 Å². The molecule has 0 spiro atoms. The zero-order chi connectivity index (χ0) is 15.9. The predicted octanol–water partition coefficient (Wildman–Crippen LogP) is 2.88. The van der Waals surface area contributed by atoms with Crippen molar-refractivity contribution in [1.82, 2.24) is 9.78 Å². The summed E-state index contributed by atoms with van der Waals surface area (Å²) in [5, 5.41) is 6.95. The maximum absolute atomic E-state index is 11.9. The molecule has 22 heavy (non-hydrogen) atoms. The molecule has 1 aromatic carbocycles.